The van der Waals surface area contributed by atoms with Crippen molar-refractivity contribution < 1.29 is 5.11 Å². The number of aromatic nitrogens is 1. The van der Waals surface area contributed by atoms with Crippen LogP contribution < -0.4 is 0 Å². The molecule has 1 fully saturated rings. The molecular weight excluding hydrogens is 379 g/mol. The van der Waals surface area contributed by atoms with Crippen LogP contribution in [0.25, 0.3) is 10.8 Å². The number of rotatable bonds is 4. The molecule has 0 radical (unpaired) electrons. The third kappa shape index (κ3) is 4.11. The second kappa shape index (κ2) is 7.75. The Hall–Kier alpha value is -1.68. The van der Waals surface area contributed by atoms with Gasteiger partial charge in [-0.25, -0.2) is 0 Å². The van der Waals surface area contributed by atoms with Crippen LogP contribution in [0.2, 0.25) is 10.0 Å². The molecule has 4 rings (SSSR count). The lowest BCUT2D eigenvalue weighted by molar-refractivity contribution is 0.219. The summed E-state index contributed by atoms with van der Waals surface area (Å²) in [5.41, 5.74) is 2.34. The van der Waals surface area contributed by atoms with Crippen molar-refractivity contribution in [2.24, 2.45) is 5.92 Å². The summed E-state index contributed by atoms with van der Waals surface area (Å²) in [6.07, 6.45) is 5.50. The van der Waals surface area contributed by atoms with Crippen molar-refractivity contribution in [3.8, 4) is 5.88 Å². The Morgan fingerprint density at radius 1 is 1.04 bits per heavy atom. The average Bonchev–Trinajstić information content (AvgIpc) is 2.95. The Kier molecular flexibility index (Phi) is 5.36. The highest BCUT2D eigenvalue weighted by molar-refractivity contribution is 6.36. The molecule has 3 nitrogen and oxygen atoms in total. The summed E-state index contributed by atoms with van der Waals surface area (Å²) in [7, 11) is 2.19. The van der Waals surface area contributed by atoms with Crippen molar-refractivity contribution in [3.05, 3.63) is 63.8 Å². The van der Waals surface area contributed by atoms with Gasteiger partial charge in [0.2, 0.25) is 5.88 Å². The molecule has 1 aliphatic heterocycles. The van der Waals surface area contributed by atoms with Gasteiger partial charge in [0.25, 0.3) is 0 Å². The molecule has 0 aliphatic carbocycles. The molecule has 0 amide bonds. The van der Waals surface area contributed by atoms with Gasteiger partial charge >= 0.3 is 0 Å². The summed E-state index contributed by atoms with van der Waals surface area (Å²) >= 11 is 12.5. The maximum Gasteiger partial charge on any atom is 0.200 e. The summed E-state index contributed by atoms with van der Waals surface area (Å²) in [5, 5.41) is 13.7. The van der Waals surface area contributed by atoms with Crippen LogP contribution in [0, 0.1) is 5.92 Å². The molecular formula is C22H24Cl2N2O. The minimum atomic E-state index is 0.218. The molecule has 5 heteroatoms. The van der Waals surface area contributed by atoms with Crippen LogP contribution in [0.5, 0.6) is 5.88 Å². The lowest BCUT2D eigenvalue weighted by Crippen LogP contribution is -2.30. The van der Waals surface area contributed by atoms with Crippen molar-refractivity contribution in [2.45, 2.75) is 25.8 Å². The number of hydrogen-bond donors (Lipinski definition) is 1. The predicted molar refractivity (Wildman–Crippen MR) is 113 cm³/mol. The smallest absolute Gasteiger partial charge is 0.200 e. The Labute approximate surface area is 170 Å². The van der Waals surface area contributed by atoms with Gasteiger partial charge in [0, 0.05) is 16.6 Å². The van der Waals surface area contributed by atoms with E-state index < -0.39 is 0 Å². The molecule has 2 heterocycles. The van der Waals surface area contributed by atoms with Crippen LogP contribution in [0.4, 0.5) is 0 Å². The predicted octanol–water partition coefficient (Wildman–Crippen LogP) is 5.59. The SMILES string of the molecule is CN1CCC(Cc2cc(Cl)c3c(O)n(Cc4ccc(Cl)cc4)cc3c2)CC1. The molecule has 27 heavy (non-hydrogen) atoms. The second-order valence-electron chi connectivity index (χ2n) is 7.70. The van der Waals surface area contributed by atoms with Gasteiger partial charge in [-0.2, -0.15) is 0 Å². The zero-order chi connectivity index (χ0) is 19.0. The maximum atomic E-state index is 10.7. The number of hydrogen-bond acceptors (Lipinski definition) is 2. The number of halogens is 2. The minimum Gasteiger partial charge on any atom is -0.494 e. The fraction of sp³-hybridized carbons (Fsp3) is 0.364. The summed E-state index contributed by atoms with van der Waals surface area (Å²) in [5.74, 6) is 0.926. The zero-order valence-electron chi connectivity index (χ0n) is 15.5. The summed E-state index contributed by atoms with van der Waals surface area (Å²) in [6.45, 7) is 2.91. The maximum absolute atomic E-state index is 10.7. The van der Waals surface area contributed by atoms with Gasteiger partial charge in [-0.05, 0) is 80.7 Å². The lowest BCUT2D eigenvalue weighted by atomic mass is 9.90. The topological polar surface area (TPSA) is 28.4 Å². The normalized spacial score (nSPS) is 16.3. The summed E-state index contributed by atoms with van der Waals surface area (Å²) in [6, 6.07) is 11.9. The van der Waals surface area contributed by atoms with Crippen molar-refractivity contribution in [2.75, 3.05) is 20.1 Å². The van der Waals surface area contributed by atoms with Crippen molar-refractivity contribution in [1.82, 2.24) is 9.47 Å². The van der Waals surface area contributed by atoms with Crippen molar-refractivity contribution in [3.63, 3.8) is 0 Å². The van der Waals surface area contributed by atoms with Crippen LogP contribution in [0.1, 0.15) is 24.0 Å². The fourth-order valence-corrected chi connectivity index (χ4v) is 4.48. The number of likely N-dealkylation sites (tertiary alicyclic amines) is 1. The molecule has 2 aromatic carbocycles. The first-order valence-electron chi connectivity index (χ1n) is 9.43. The van der Waals surface area contributed by atoms with Gasteiger partial charge in [0.05, 0.1) is 17.0 Å². The number of fused-ring (bicyclic) bond motifs is 1. The van der Waals surface area contributed by atoms with Crippen molar-refractivity contribution >= 4 is 34.0 Å². The fourth-order valence-electron chi connectivity index (χ4n) is 4.02. The van der Waals surface area contributed by atoms with Crippen LogP contribution in [0.3, 0.4) is 0 Å². The molecule has 0 saturated carbocycles. The van der Waals surface area contributed by atoms with Gasteiger partial charge in [-0.1, -0.05) is 35.3 Å². The average molecular weight is 403 g/mol. The molecule has 142 valence electrons. The van der Waals surface area contributed by atoms with Gasteiger partial charge in [-0.3, -0.25) is 0 Å². The lowest BCUT2D eigenvalue weighted by Gasteiger charge is -2.29. The highest BCUT2D eigenvalue weighted by atomic mass is 35.5. The standard InChI is InChI=1S/C22H24Cl2N2O/c1-25-8-6-15(7-9-25)10-17-11-18-14-26(22(27)21(18)20(24)12-17)13-16-2-4-19(23)5-3-16/h2-5,11-12,14-15,27H,6-10,13H2,1H3. The van der Waals surface area contributed by atoms with Gasteiger partial charge in [0.1, 0.15) is 0 Å². The monoisotopic (exact) mass is 402 g/mol. The van der Waals surface area contributed by atoms with E-state index in [2.05, 4.69) is 18.0 Å². The van der Waals surface area contributed by atoms with Gasteiger partial charge in [0.15, 0.2) is 0 Å². The van der Waals surface area contributed by atoms with Crippen LogP contribution in [-0.2, 0) is 13.0 Å². The van der Waals surface area contributed by atoms with Crippen LogP contribution >= 0.6 is 23.2 Å². The van der Waals surface area contributed by atoms with E-state index in [0.29, 0.717) is 22.5 Å². The van der Waals surface area contributed by atoms with Gasteiger partial charge < -0.3 is 14.6 Å². The first-order chi connectivity index (χ1) is 13.0. The van der Waals surface area contributed by atoms with Crippen molar-refractivity contribution in [1.29, 1.82) is 0 Å². The molecule has 1 aromatic heterocycles. The molecule has 3 aromatic rings. The Bertz CT molecular complexity index is 941. The Morgan fingerprint density at radius 2 is 1.74 bits per heavy atom. The Balaban J connectivity index is 1.59. The van der Waals surface area contributed by atoms with E-state index >= 15 is 0 Å². The highest BCUT2D eigenvalue weighted by Gasteiger charge is 2.19. The van der Waals surface area contributed by atoms with E-state index in [-0.39, 0.29) is 5.88 Å². The second-order valence-corrected chi connectivity index (χ2v) is 8.54. The van der Waals surface area contributed by atoms with Crippen LogP contribution in [-0.4, -0.2) is 34.7 Å². The van der Waals surface area contributed by atoms with E-state index in [1.54, 1.807) is 0 Å². The quantitative estimate of drug-likeness (QED) is 0.616. The molecule has 0 bridgehead atoms. The largest absolute Gasteiger partial charge is 0.494 e. The zero-order valence-corrected chi connectivity index (χ0v) is 17.0. The summed E-state index contributed by atoms with van der Waals surface area (Å²) in [4.78, 5) is 2.39. The summed E-state index contributed by atoms with van der Waals surface area (Å²) < 4.78 is 1.85. The highest BCUT2D eigenvalue weighted by Crippen LogP contribution is 2.36. The van der Waals surface area contributed by atoms with Gasteiger partial charge in [-0.15, -0.1) is 0 Å². The third-order valence-corrected chi connectivity index (χ3v) is 6.15. The van der Waals surface area contributed by atoms with E-state index in [1.165, 1.54) is 31.5 Å². The molecule has 0 atom stereocenters. The molecule has 1 aliphatic rings. The van der Waals surface area contributed by atoms with E-state index in [4.69, 9.17) is 23.2 Å². The Morgan fingerprint density at radius 3 is 2.44 bits per heavy atom. The molecule has 0 spiro atoms. The number of piperidine rings is 1. The molecule has 0 unspecified atom stereocenters. The number of benzene rings is 2. The third-order valence-electron chi connectivity index (χ3n) is 5.60. The molecule has 1 N–H and O–H groups in total. The first-order valence-corrected chi connectivity index (χ1v) is 10.2. The van der Waals surface area contributed by atoms with Crippen LogP contribution in [0.15, 0.2) is 42.6 Å². The first kappa shape index (κ1) is 18.7. The van der Waals surface area contributed by atoms with E-state index in [0.717, 1.165) is 22.8 Å². The minimum absolute atomic E-state index is 0.218. The van der Waals surface area contributed by atoms with E-state index in [1.807, 2.05) is 41.1 Å². The van der Waals surface area contributed by atoms with E-state index in [9.17, 15) is 5.11 Å². The number of nitrogens with zero attached hydrogens (tertiary/aromatic N) is 2. The molecule has 1 saturated heterocycles. The number of aromatic hydroxyl groups is 1.